The molecule has 3 heterocycles. The fraction of sp³-hybridized carbons (Fsp3) is 0.0707. The summed E-state index contributed by atoms with van der Waals surface area (Å²) in [6.45, 7) is 9.45. The number of hydrogen-bond acceptors (Lipinski definition) is 4. The summed E-state index contributed by atoms with van der Waals surface area (Å²) < 4.78 is 2.33. The third kappa shape index (κ3) is 10.0. The van der Waals surface area contributed by atoms with Crippen LogP contribution in [0.3, 0.4) is 0 Å². The molecule has 0 radical (unpaired) electrons. The zero-order valence-corrected chi connectivity index (χ0v) is 59.3. The molecule has 19 aromatic rings. The molecule has 496 valence electrons. The van der Waals surface area contributed by atoms with E-state index in [4.69, 9.17) is 21.6 Å². The van der Waals surface area contributed by atoms with Crippen LogP contribution in [0, 0.1) is 0 Å². The monoisotopic (exact) mass is 1360 g/mol. The standard InChI is InChI=1S/C49H33N3.C34H24.C16H11ClN2/c1-49(2)42-24-14-13-23-36(42)39-26-41-40-25-37-34-21-11-9-19-32(34)33-20-10-12-22-35(33)38(37)27-46(40)52(47(41)28-43(39)49)48-50-44(30-15-5-3-6-16-30)29-45(51-48)31-17-7-4-8-18-31;1-34(2)32-14-8-7-13-26(32)31-19-28-21(17-33(31)34)15-20-16-29-24-11-5-3-9-22(24)23-10-4-6-12-25(23)30(29)18-27(20)28;17-16-18-14(12-7-3-1-4-8-12)11-15(19-16)13-9-5-2-6-10-13/h3-29H,1-2H3;3-14,16-19H,15H2,1-2H3;1-11H. The van der Waals surface area contributed by atoms with E-state index in [9.17, 15) is 0 Å². The van der Waals surface area contributed by atoms with E-state index in [0.717, 1.165) is 62.5 Å². The van der Waals surface area contributed by atoms with Gasteiger partial charge < -0.3 is 0 Å². The van der Waals surface area contributed by atoms with Crippen molar-refractivity contribution >= 4 is 98.0 Å². The van der Waals surface area contributed by atoms with Gasteiger partial charge in [-0.1, -0.05) is 301 Å². The van der Waals surface area contributed by atoms with Gasteiger partial charge in [0.1, 0.15) is 0 Å². The van der Waals surface area contributed by atoms with Gasteiger partial charge in [-0.3, -0.25) is 4.57 Å². The lowest BCUT2D eigenvalue weighted by Crippen LogP contribution is -2.15. The first kappa shape index (κ1) is 62.1. The van der Waals surface area contributed by atoms with E-state index in [1.807, 2.05) is 66.7 Å². The molecule has 22 rings (SSSR count). The molecule has 3 aliphatic carbocycles. The van der Waals surface area contributed by atoms with Crippen LogP contribution >= 0.6 is 11.6 Å². The lowest BCUT2D eigenvalue weighted by atomic mass is 9.81. The van der Waals surface area contributed by atoms with Crippen LogP contribution in [0.4, 0.5) is 0 Å². The minimum atomic E-state index is -0.152. The van der Waals surface area contributed by atoms with Crippen molar-refractivity contribution in [3.63, 3.8) is 0 Å². The predicted molar refractivity (Wildman–Crippen MR) is 440 cm³/mol. The van der Waals surface area contributed by atoms with E-state index in [0.29, 0.717) is 5.95 Å². The van der Waals surface area contributed by atoms with Crippen molar-refractivity contribution < 1.29 is 0 Å². The highest BCUT2D eigenvalue weighted by atomic mass is 35.5. The van der Waals surface area contributed by atoms with Gasteiger partial charge >= 0.3 is 0 Å². The Kier molecular flexibility index (Phi) is 14.3. The predicted octanol–water partition coefficient (Wildman–Crippen LogP) is 26.2. The number of aromatic nitrogens is 5. The fourth-order valence-electron chi connectivity index (χ4n) is 17.6. The Labute approximate surface area is 614 Å². The molecule has 16 aromatic carbocycles. The van der Waals surface area contributed by atoms with Gasteiger partial charge in [0.15, 0.2) is 0 Å². The van der Waals surface area contributed by atoms with Crippen molar-refractivity contribution in [1.29, 1.82) is 0 Å². The van der Waals surface area contributed by atoms with Crippen LogP contribution in [-0.2, 0) is 17.3 Å². The second-order valence-corrected chi connectivity index (χ2v) is 29.6. The van der Waals surface area contributed by atoms with Crippen molar-refractivity contribution in [1.82, 2.24) is 24.5 Å². The number of hydrogen-bond donors (Lipinski definition) is 0. The van der Waals surface area contributed by atoms with Crippen LogP contribution in [0.5, 0.6) is 0 Å². The van der Waals surface area contributed by atoms with Gasteiger partial charge in [0, 0.05) is 43.9 Å². The SMILES string of the molecule is CC1(C)c2ccccc2-c2cc3c(cc21)Cc1cc2c4ccccc4c4ccccc4c2cc1-3.CC1(C)c2ccccc2-c2cc3c4cc5c6ccccc6c6ccccc6c5cc4n(-c4nc(-c5ccccc5)cc(-c5ccccc5)n4)c3cc21.Clc1nc(-c2ccccc2)cc(-c2ccccc2)n1. The molecule has 0 saturated heterocycles. The Morgan fingerprint density at radius 1 is 0.248 bits per heavy atom. The molecule has 0 bridgehead atoms. The molecular formula is C99H68ClN5. The number of fused-ring (bicyclic) bond motifs is 24. The van der Waals surface area contributed by atoms with E-state index < -0.39 is 0 Å². The Morgan fingerprint density at radius 2 is 0.562 bits per heavy atom. The summed E-state index contributed by atoms with van der Waals surface area (Å²) in [5.74, 6) is 0.665. The summed E-state index contributed by atoms with van der Waals surface area (Å²) >= 11 is 6.03. The van der Waals surface area contributed by atoms with Crippen LogP contribution in [-0.4, -0.2) is 24.5 Å². The first-order chi connectivity index (χ1) is 51.5. The first-order valence-electron chi connectivity index (χ1n) is 36.2. The van der Waals surface area contributed by atoms with Crippen molar-refractivity contribution in [2.24, 2.45) is 0 Å². The first-order valence-corrected chi connectivity index (χ1v) is 36.6. The summed E-state index contributed by atoms with van der Waals surface area (Å²) in [4.78, 5) is 19.3. The van der Waals surface area contributed by atoms with E-state index >= 15 is 0 Å². The molecule has 0 atom stereocenters. The zero-order chi connectivity index (χ0) is 70.2. The molecule has 0 aliphatic heterocycles. The summed E-state index contributed by atoms with van der Waals surface area (Å²) in [5, 5.41) is 18.3. The van der Waals surface area contributed by atoms with Crippen LogP contribution in [0.15, 0.2) is 328 Å². The third-order valence-corrected chi connectivity index (χ3v) is 22.8. The van der Waals surface area contributed by atoms with Gasteiger partial charge in [0.2, 0.25) is 11.2 Å². The highest BCUT2D eigenvalue weighted by Crippen LogP contribution is 2.55. The van der Waals surface area contributed by atoms with Crippen LogP contribution in [0.1, 0.15) is 61.1 Å². The highest BCUT2D eigenvalue weighted by molar-refractivity contribution is 6.30. The van der Waals surface area contributed by atoms with Crippen LogP contribution in [0.2, 0.25) is 5.28 Å². The molecule has 0 N–H and O–H groups in total. The molecule has 3 aromatic heterocycles. The maximum atomic E-state index is 6.03. The normalized spacial score (nSPS) is 13.3. The number of halogens is 1. The molecule has 0 amide bonds. The largest absolute Gasteiger partial charge is 0.278 e. The molecular weight excluding hydrogens is 1290 g/mol. The van der Waals surface area contributed by atoms with Crippen molar-refractivity contribution in [2.45, 2.75) is 44.9 Å². The number of rotatable bonds is 5. The zero-order valence-electron chi connectivity index (χ0n) is 58.5. The maximum Gasteiger partial charge on any atom is 0.235 e. The Balaban J connectivity index is 0.000000118. The quantitative estimate of drug-likeness (QED) is 0.127. The lowest BCUT2D eigenvalue weighted by Gasteiger charge is -2.22. The molecule has 0 saturated carbocycles. The van der Waals surface area contributed by atoms with Crippen LogP contribution < -0.4 is 0 Å². The maximum absolute atomic E-state index is 6.03. The number of benzene rings is 16. The van der Waals surface area contributed by atoms with E-state index in [-0.39, 0.29) is 16.1 Å². The molecule has 105 heavy (non-hydrogen) atoms. The second-order valence-electron chi connectivity index (χ2n) is 29.3. The summed E-state index contributed by atoms with van der Waals surface area (Å²) in [6, 6.07) is 118. The Bertz CT molecular complexity index is 6680. The molecule has 0 spiro atoms. The summed E-state index contributed by atoms with van der Waals surface area (Å²) in [5.41, 5.74) is 26.5. The van der Waals surface area contributed by atoms with Gasteiger partial charge in [0.25, 0.3) is 0 Å². The second kappa shape index (κ2) is 24.2. The molecule has 6 heteroatoms. The topological polar surface area (TPSA) is 56.5 Å². The Morgan fingerprint density at radius 3 is 1.02 bits per heavy atom. The molecule has 0 unspecified atom stereocenters. The van der Waals surface area contributed by atoms with E-state index in [1.54, 1.807) is 0 Å². The number of nitrogens with zero attached hydrogens (tertiary/aromatic N) is 5. The smallest absolute Gasteiger partial charge is 0.235 e. The lowest BCUT2D eigenvalue weighted by molar-refractivity contribution is 0.659. The Hall–Kier alpha value is -12.7. The minimum Gasteiger partial charge on any atom is -0.278 e. The van der Waals surface area contributed by atoms with Gasteiger partial charge in [-0.2, -0.15) is 0 Å². The highest BCUT2D eigenvalue weighted by Gasteiger charge is 2.39. The summed E-state index contributed by atoms with van der Waals surface area (Å²) in [6.07, 6.45) is 1.02. The van der Waals surface area contributed by atoms with Gasteiger partial charge in [-0.25, -0.2) is 19.9 Å². The third-order valence-electron chi connectivity index (χ3n) is 22.7. The molecule has 0 fully saturated rings. The molecule has 3 aliphatic rings. The van der Waals surface area contributed by atoms with E-state index in [2.05, 4.69) is 303 Å². The van der Waals surface area contributed by atoms with Gasteiger partial charge in [0.05, 0.1) is 33.8 Å². The minimum absolute atomic E-state index is 0.0485. The van der Waals surface area contributed by atoms with Crippen molar-refractivity contribution in [3.8, 4) is 84.4 Å². The van der Waals surface area contributed by atoms with Gasteiger partial charge in [-0.05, 0) is 204 Å². The van der Waals surface area contributed by atoms with Crippen molar-refractivity contribution in [2.75, 3.05) is 0 Å². The average Bonchev–Trinajstić information content (AvgIpc) is 1.59. The van der Waals surface area contributed by atoms with Crippen LogP contribution in [0.25, 0.3) is 171 Å². The summed E-state index contributed by atoms with van der Waals surface area (Å²) in [7, 11) is 0. The molecule has 5 nitrogen and oxygen atoms in total. The van der Waals surface area contributed by atoms with E-state index in [1.165, 1.54) is 142 Å². The van der Waals surface area contributed by atoms with Crippen molar-refractivity contribution in [3.05, 3.63) is 366 Å². The average molecular weight is 1360 g/mol. The fourth-order valence-corrected chi connectivity index (χ4v) is 17.8. The van der Waals surface area contributed by atoms with Gasteiger partial charge in [-0.15, -0.1) is 0 Å².